The predicted molar refractivity (Wildman–Crippen MR) is 61.3 cm³/mol. The molecule has 0 aliphatic carbocycles. The summed E-state index contributed by atoms with van der Waals surface area (Å²) < 4.78 is 4.94. The maximum atomic E-state index is 11.5. The molecule has 0 saturated heterocycles. The second kappa shape index (κ2) is 6.40. The van der Waals surface area contributed by atoms with Crippen LogP contribution in [0, 0.1) is 5.92 Å². The minimum Gasteiger partial charge on any atom is -0.384 e. The summed E-state index contributed by atoms with van der Waals surface area (Å²) in [5.74, 6) is 0.403. The molecule has 1 N–H and O–H groups in total. The van der Waals surface area contributed by atoms with E-state index in [2.05, 4.69) is 15.3 Å². The molecule has 6 heteroatoms. The molecule has 1 heterocycles. The topological polar surface area (TPSA) is 64.1 Å². The van der Waals surface area contributed by atoms with Crippen LogP contribution in [-0.2, 0) is 9.53 Å². The SMILES string of the molecule is COCC(C)CC(=O)Nc1cncc(Cl)n1. The lowest BCUT2D eigenvalue weighted by molar-refractivity contribution is -0.117. The van der Waals surface area contributed by atoms with Crippen LogP contribution in [0.15, 0.2) is 12.4 Å². The molecule has 0 spiro atoms. The van der Waals surface area contributed by atoms with E-state index in [0.29, 0.717) is 18.8 Å². The third kappa shape index (κ3) is 4.55. The van der Waals surface area contributed by atoms with Crippen LogP contribution in [-0.4, -0.2) is 29.6 Å². The Kier molecular flexibility index (Phi) is 5.14. The number of nitrogens with zero attached hydrogens (tertiary/aromatic N) is 2. The van der Waals surface area contributed by atoms with Crippen LogP contribution in [0.5, 0.6) is 0 Å². The standard InChI is InChI=1S/C10H14ClN3O2/c1-7(6-16-2)3-10(15)14-9-5-12-4-8(11)13-9/h4-5,7H,3,6H2,1-2H3,(H,13,14,15). The predicted octanol–water partition coefficient (Wildman–Crippen LogP) is 1.74. The highest BCUT2D eigenvalue weighted by Gasteiger charge is 2.09. The van der Waals surface area contributed by atoms with Gasteiger partial charge in [0.05, 0.1) is 12.4 Å². The summed E-state index contributed by atoms with van der Waals surface area (Å²) >= 11 is 5.64. The molecule has 1 unspecified atom stereocenters. The summed E-state index contributed by atoms with van der Waals surface area (Å²) in [5.41, 5.74) is 0. The highest BCUT2D eigenvalue weighted by atomic mass is 35.5. The highest BCUT2D eigenvalue weighted by molar-refractivity contribution is 6.29. The number of hydrogen-bond donors (Lipinski definition) is 1. The number of methoxy groups -OCH3 is 1. The zero-order valence-corrected chi connectivity index (χ0v) is 9.99. The van der Waals surface area contributed by atoms with Gasteiger partial charge >= 0.3 is 0 Å². The van der Waals surface area contributed by atoms with E-state index in [0.717, 1.165) is 0 Å². The molecule has 5 nitrogen and oxygen atoms in total. The number of rotatable bonds is 5. The van der Waals surface area contributed by atoms with Crippen LogP contribution in [0.2, 0.25) is 5.15 Å². The number of carbonyl (C=O) groups excluding carboxylic acids is 1. The molecule has 16 heavy (non-hydrogen) atoms. The Morgan fingerprint density at radius 1 is 1.62 bits per heavy atom. The molecule has 1 aromatic heterocycles. The van der Waals surface area contributed by atoms with E-state index < -0.39 is 0 Å². The average molecular weight is 244 g/mol. The first-order chi connectivity index (χ1) is 7.61. The Morgan fingerprint density at radius 2 is 2.38 bits per heavy atom. The molecule has 1 rings (SSSR count). The lowest BCUT2D eigenvalue weighted by atomic mass is 10.1. The molecule has 0 aromatic carbocycles. The van der Waals surface area contributed by atoms with Crippen LogP contribution in [0.1, 0.15) is 13.3 Å². The quantitative estimate of drug-likeness (QED) is 0.856. The van der Waals surface area contributed by atoms with Crippen LogP contribution >= 0.6 is 11.6 Å². The molecule has 0 radical (unpaired) electrons. The van der Waals surface area contributed by atoms with Gasteiger partial charge in [0.15, 0.2) is 5.82 Å². The Bertz CT molecular complexity index is 360. The van der Waals surface area contributed by atoms with E-state index in [1.165, 1.54) is 12.4 Å². The van der Waals surface area contributed by atoms with Gasteiger partial charge in [0, 0.05) is 20.1 Å². The largest absolute Gasteiger partial charge is 0.384 e. The average Bonchev–Trinajstić information content (AvgIpc) is 2.17. The highest BCUT2D eigenvalue weighted by Crippen LogP contribution is 2.09. The molecule has 88 valence electrons. The van der Waals surface area contributed by atoms with Crippen molar-refractivity contribution in [2.24, 2.45) is 5.92 Å². The Morgan fingerprint density at radius 3 is 3.00 bits per heavy atom. The molecule has 1 amide bonds. The van der Waals surface area contributed by atoms with Crippen molar-refractivity contribution in [3.63, 3.8) is 0 Å². The lowest BCUT2D eigenvalue weighted by Gasteiger charge is -2.09. The fraction of sp³-hybridized carbons (Fsp3) is 0.500. The second-order valence-electron chi connectivity index (χ2n) is 3.54. The van der Waals surface area contributed by atoms with Crippen LogP contribution in [0.4, 0.5) is 5.82 Å². The second-order valence-corrected chi connectivity index (χ2v) is 3.93. The molecule has 0 bridgehead atoms. The van der Waals surface area contributed by atoms with Gasteiger partial charge in [0.2, 0.25) is 5.91 Å². The number of nitrogens with one attached hydrogen (secondary N) is 1. The fourth-order valence-electron chi connectivity index (χ4n) is 1.26. The van der Waals surface area contributed by atoms with Gasteiger partial charge in [-0.15, -0.1) is 0 Å². The first-order valence-corrected chi connectivity index (χ1v) is 5.26. The van der Waals surface area contributed by atoms with Gasteiger partial charge < -0.3 is 10.1 Å². The molecule has 1 aromatic rings. The van der Waals surface area contributed by atoms with E-state index in [1.807, 2.05) is 6.92 Å². The van der Waals surface area contributed by atoms with Gasteiger partial charge in [-0.1, -0.05) is 18.5 Å². The first kappa shape index (κ1) is 12.9. The molecule has 0 fully saturated rings. The Labute approximate surface area is 99.2 Å². The number of aromatic nitrogens is 2. The number of amides is 1. The van der Waals surface area contributed by atoms with E-state index in [9.17, 15) is 4.79 Å². The first-order valence-electron chi connectivity index (χ1n) is 4.88. The fourth-order valence-corrected chi connectivity index (χ4v) is 1.40. The van der Waals surface area contributed by atoms with E-state index in [4.69, 9.17) is 16.3 Å². The smallest absolute Gasteiger partial charge is 0.225 e. The van der Waals surface area contributed by atoms with Gasteiger partial charge in [-0.2, -0.15) is 0 Å². The molecule has 1 atom stereocenters. The molecule has 0 aliphatic heterocycles. The number of carbonyl (C=O) groups is 1. The normalized spacial score (nSPS) is 12.2. The zero-order chi connectivity index (χ0) is 12.0. The Hall–Kier alpha value is -1.20. The zero-order valence-electron chi connectivity index (χ0n) is 9.24. The van der Waals surface area contributed by atoms with Gasteiger partial charge in [0.1, 0.15) is 5.15 Å². The summed E-state index contributed by atoms with van der Waals surface area (Å²) in [6.45, 7) is 2.49. The van der Waals surface area contributed by atoms with Crippen molar-refractivity contribution in [1.82, 2.24) is 9.97 Å². The van der Waals surface area contributed by atoms with Gasteiger partial charge in [-0.3, -0.25) is 9.78 Å². The summed E-state index contributed by atoms with van der Waals surface area (Å²) in [4.78, 5) is 19.3. The molecular weight excluding hydrogens is 230 g/mol. The van der Waals surface area contributed by atoms with Crippen molar-refractivity contribution in [2.45, 2.75) is 13.3 Å². The van der Waals surface area contributed by atoms with Crippen molar-refractivity contribution >= 4 is 23.3 Å². The van der Waals surface area contributed by atoms with E-state index in [-0.39, 0.29) is 17.0 Å². The van der Waals surface area contributed by atoms with Gasteiger partial charge in [0.25, 0.3) is 0 Å². The maximum Gasteiger partial charge on any atom is 0.225 e. The summed E-state index contributed by atoms with van der Waals surface area (Å²) in [6.07, 6.45) is 3.23. The van der Waals surface area contributed by atoms with Crippen molar-refractivity contribution in [3.05, 3.63) is 17.5 Å². The Balaban J connectivity index is 2.45. The molecule has 0 aliphatic rings. The lowest BCUT2D eigenvalue weighted by Crippen LogP contribution is -2.18. The molecular formula is C10H14ClN3O2. The van der Waals surface area contributed by atoms with Crippen molar-refractivity contribution in [3.8, 4) is 0 Å². The minimum atomic E-state index is -0.124. The van der Waals surface area contributed by atoms with Crippen LogP contribution in [0.25, 0.3) is 0 Å². The van der Waals surface area contributed by atoms with E-state index in [1.54, 1.807) is 7.11 Å². The third-order valence-electron chi connectivity index (χ3n) is 1.86. The number of anilines is 1. The monoisotopic (exact) mass is 243 g/mol. The summed E-state index contributed by atoms with van der Waals surface area (Å²) in [6, 6.07) is 0. The van der Waals surface area contributed by atoms with Crippen LogP contribution in [0.3, 0.4) is 0 Å². The van der Waals surface area contributed by atoms with Gasteiger partial charge in [-0.25, -0.2) is 4.98 Å². The van der Waals surface area contributed by atoms with Crippen LogP contribution < -0.4 is 5.32 Å². The van der Waals surface area contributed by atoms with E-state index >= 15 is 0 Å². The minimum absolute atomic E-state index is 0.124. The summed E-state index contributed by atoms with van der Waals surface area (Å²) in [5, 5.41) is 2.87. The number of ether oxygens (including phenoxy) is 1. The van der Waals surface area contributed by atoms with Crippen molar-refractivity contribution in [2.75, 3.05) is 19.0 Å². The maximum absolute atomic E-state index is 11.5. The van der Waals surface area contributed by atoms with Crippen molar-refractivity contribution < 1.29 is 9.53 Å². The summed E-state index contributed by atoms with van der Waals surface area (Å²) in [7, 11) is 1.61. The van der Waals surface area contributed by atoms with Gasteiger partial charge in [-0.05, 0) is 5.92 Å². The third-order valence-corrected chi connectivity index (χ3v) is 2.04. The number of halogens is 1. The van der Waals surface area contributed by atoms with Crippen molar-refractivity contribution in [1.29, 1.82) is 0 Å². The molecule has 0 saturated carbocycles. The number of hydrogen-bond acceptors (Lipinski definition) is 4.